The molecule has 0 fully saturated rings. The molecule has 0 bridgehead atoms. The van der Waals surface area contributed by atoms with E-state index in [4.69, 9.17) is 0 Å². The fraction of sp³-hybridized carbons (Fsp3) is 0.240. The molecule has 2 atom stereocenters. The minimum Gasteiger partial charge on any atom is -0.427 e. The van der Waals surface area contributed by atoms with Gasteiger partial charge in [-0.3, -0.25) is 0 Å². The molecule has 0 aliphatic rings. The first-order chi connectivity index (χ1) is 14.4. The van der Waals surface area contributed by atoms with Crippen molar-refractivity contribution >= 4 is 30.8 Å². The Hall–Kier alpha value is -2.65. The maximum atomic E-state index is 10.8. The lowest BCUT2D eigenvalue weighted by Gasteiger charge is -2.51. The fourth-order valence-corrected chi connectivity index (χ4v) is 11.5. The number of nitrogens with zero attached hydrogens (tertiary/aromatic N) is 1. The van der Waals surface area contributed by atoms with E-state index in [2.05, 4.69) is 42.5 Å². The predicted molar refractivity (Wildman–Crippen MR) is 127 cm³/mol. The largest absolute Gasteiger partial charge is 0.455 e. The zero-order valence-electron chi connectivity index (χ0n) is 17.7. The second kappa shape index (κ2) is 9.01. The van der Waals surface area contributed by atoms with E-state index in [1.54, 1.807) is 6.92 Å². The van der Waals surface area contributed by atoms with E-state index in [1.807, 2.05) is 68.4 Å². The van der Waals surface area contributed by atoms with Gasteiger partial charge in [-0.25, -0.2) is 0 Å². The van der Waals surface area contributed by atoms with Gasteiger partial charge in [0.2, 0.25) is 0 Å². The van der Waals surface area contributed by atoms with Crippen LogP contribution >= 0.6 is 0 Å². The van der Waals surface area contributed by atoms with Crippen molar-refractivity contribution in [3.63, 3.8) is 0 Å². The van der Waals surface area contributed by atoms with Crippen LogP contribution < -0.4 is 15.6 Å². The average Bonchev–Trinajstić information content (AvgIpc) is 2.78. The molecule has 0 aliphatic carbocycles. The molecule has 30 heavy (non-hydrogen) atoms. The van der Waals surface area contributed by atoms with Gasteiger partial charge in [-0.1, -0.05) is 112 Å². The summed E-state index contributed by atoms with van der Waals surface area (Å²) in [4.78, 5) is 0. The van der Waals surface area contributed by atoms with Crippen LogP contribution in [-0.2, 0) is 0 Å². The third kappa shape index (κ3) is 3.31. The molecule has 0 radical (unpaired) electrons. The molecule has 0 amide bonds. The summed E-state index contributed by atoms with van der Waals surface area (Å²) < 4.78 is 0. The molecule has 3 aromatic rings. The summed E-state index contributed by atoms with van der Waals surface area (Å²) in [5.41, 5.74) is 0. The van der Waals surface area contributed by atoms with Crippen molar-refractivity contribution in [2.45, 2.75) is 31.6 Å². The maximum Gasteiger partial charge on any atom is 0.455 e. The van der Waals surface area contributed by atoms with Crippen LogP contribution in [0.4, 0.5) is 0 Å². The van der Waals surface area contributed by atoms with E-state index < -0.39 is 26.0 Å². The average molecular weight is 413 g/mol. The van der Waals surface area contributed by atoms with Gasteiger partial charge in [0.25, 0.3) is 0 Å². The SMILES string of the molecule is CC(C)C(C#N)(C(C)B(O)O)[Si](c1ccccc1)(c1ccccc1)c1ccccc1. The zero-order valence-corrected chi connectivity index (χ0v) is 18.7. The quantitative estimate of drug-likeness (QED) is 0.463. The molecule has 5 heteroatoms. The number of nitriles is 1. The molecule has 0 aliphatic heterocycles. The van der Waals surface area contributed by atoms with E-state index >= 15 is 0 Å². The van der Waals surface area contributed by atoms with Gasteiger partial charge in [0.15, 0.2) is 8.07 Å². The maximum absolute atomic E-state index is 10.8. The lowest BCUT2D eigenvalue weighted by Crippen LogP contribution is -2.76. The van der Waals surface area contributed by atoms with Gasteiger partial charge in [-0.15, -0.1) is 0 Å². The highest BCUT2D eigenvalue weighted by atomic mass is 28.3. The molecule has 0 heterocycles. The summed E-state index contributed by atoms with van der Waals surface area (Å²) >= 11 is 0. The molecular formula is C25H28BNO2Si. The van der Waals surface area contributed by atoms with Gasteiger partial charge >= 0.3 is 7.12 Å². The standard InChI is InChI=1S/C25H28BNO2Si/c1-20(2)25(19-27,21(3)26(28)29)30(22-13-7-4-8-14-22,23-15-9-5-10-16-23)24-17-11-6-12-18-24/h4-18,20-21,28-29H,1-3H3. The Morgan fingerprint density at radius 1 is 0.733 bits per heavy atom. The molecule has 2 unspecified atom stereocenters. The molecule has 0 aromatic heterocycles. The van der Waals surface area contributed by atoms with Crippen molar-refractivity contribution in [3.05, 3.63) is 91.0 Å². The number of benzene rings is 3. The van der Waals surface area contributed by atoms with Crippen LogP contribution in [0.25, 0.3) is 0 Å². The van der Waals surface area contributed by atoms with Crippen molar-refractivity contribution in [1.82, 2.24) is 0 Å². The monoisotopic (exact) mass is 413 g/mol. The van der Waals surface area contributed by atoms with Gasteiger partial charge in [0.1, 0.15) is 0 Å². The van der Waals surface area contributed by atoms with Crippen molar-refractivity contribution in [3.8, 4) is 6.07 Å². The van der Waals surface area contributed by atoms with Gasteiger partial charge < -0.3 is 10.0 Å². The van der Waals surface area contributed by atoms with E-state index in [0.29, 0.717) is 0 Å². The number of rotatable bonds is 7. The van der Waals surface area contributed by atoms with Gasteiger partial charge in [-0.05, 0) is 21.5 Å². The number of hydrogen-bond donors (Lipinski definition) is 2. The Labute approximate surface area is 180 Å². The first-order valence-corrected chi connectivity index (χ1v) is 12.4. The van der Waals surface area contributed by atoms with Crippen LogP contribution in [0.15, 0.2) is 91.0 Å². The second-order valence-electron chi connectivity index (χ2n) is 8.19. The third-order valence-corrected chi connectivity index (χ3v) is 12.5. The second-order valence-corrected chi connectivity index (χ2v) is 12.2. The Bertz CT molecular complexity index is 893. The van der Waals surface area contributed by atoms with Crippen LogP contribution in [0.1, 0.15) is 20.8 Å². The molecule has 2 N–H and O–H groups in total. The summed E-state index contributed by atoms with van der Waals surface area (Å²) in [7, 11) is -4.68. The van der Waals surface area contributed by atoms with Crippen LogP contribution in [-0.4, -0.2) is 25.2 Å². The zero-order chi connectivity index (χ0) is 21.8. The van der Waals surface area contributed by atoms with Crippen LogP contribution in [0.2, 0.25) is 10.9 Å². The summed E-state index contributed by atoms with van der Waals surface area (Å²) in [6, 6.07) is 33.2. The molecule has 3 rings (SSSR count). The highest BCUT2D eigenvalue weighted by Crippen LogP contribution is 2.54. The summed E-state index contributed by atoms with van der Waals surface area (Å²) in [5.74, 6) is -0.777. The summed E-state index contributed by atoms with van der Waals surface area (Å²) in [5, 5.41) is 33.8. The number of hydrogen-bond acceptors (Lipinski definition) is 3. The van der Waals surface area contributed by atoms with Crippen molar-refractivity contribution in [2.75, 3.05) is 0 Å². The van der Waals surface area contributed by atoms with Crippen molar-refractivity contribution < 1.29 is 10.0 Å². The molecule has 3 nitrogen and oxygen atoms in total. The molecule has 152 valence electrons. The third-order valence-electron chi connectivity index (χ3n) is 6.50. The molecular weight excluding hydrogens is 385 g/mol. The molecule has 0 saturated carbocycles. The van der Waals surface area contributed by atoms with E-state index in [-0.39, 0.29) is 5.92 Å². The minimum atomic E-state index is -3.07. The van der Waals surface area contributed by atoms with E-state index in [1.165, 1.54) is 0 Å². The summed E-state index contributed by atoms with van der Waals surface area (Å²) in [6.07, 6.45) is 0. The lowest BCUT2D eigenvalue weighted by atomic mass is 9.63. The molecule has 0 saturated heterocycles. The predicted octanol–water partition coefficient (Wildman–Crippen LogP) is 2.94. The van der Waals surface area contributed by atoms with E-state index in [0.717, 1.165) is 15.6 Å². The minimum absolute atomic E-state index is 0.119. The topological polar surface area (TPSA) is 64.2 Å². The van der Waals surface area contributed by atoms with Crippen LogP contribution in [0.3, 0.4) is 0 Å². The first kappa shape index (κ1) is 22.0. The van der Waals surface area contributed by atoms with Gasteiger partial charge in [0, 0.05) is 5.82 Å². The van der Waals surface area contributed by atoms with Crippen molar-refractivity contribution in [2.24, 2.45) is 5.92 Å². The Morgan fingerprint density at radius 3 is 1.30 bits per heavy atom. The Morgan fingerprint density at radius 2 is 1.07 bits per heavy atom. The highest BCUT2D eigenvalue weighted by molar-refractivity contribution is 7.14. The first-order valence-electron chi connectivity index (χ1n) is 10.4. The van der Waals surface area contributed by atoms with Gasteiger partial charge in [-0.2, -0.15) is 5.26 Å². The Kier molecular flexibility index (Phi) is 6.62. The highest BCUT2D eigenvalue weighted by Gasteiger charge is 2.63. The lowest BCUT2D eigenvalue weighted by molar-refractivity contribution is 0.349. The molecule has 3 aromatic carbocycles. The van der Waals surface area contributed by atoms with Crippen LogP contribution in [0, 0.1) is 17.2 Å². The van der Waals surface area contributed by atoms with Gasteiger partial charge in [0.05, 0.1) is 11.1 Å². The van der Waals surface area contributed by atoms with Crippen LogP contribution in [0.5, 0.6) is 0 Å². The Balaban J connectivity index is 2.59. The smallest absolute Gasteiger partial charge is 0.427 e. The van der Waals surface area contributed by atoms with E-state index in [9.17, 15) is 15.3 Å². The summed E-state index contributed by atoms with van der Waals surface area (Å²) in [6.45, 7) is 5.85. The fourth-order valence-electron chi connectivity index (χ4n) is 5.13. The normalized spacial score (nSPS) is 14.6. The molecule has 0 spiro atoms. The van der Waals surface area contributed by atoms with Crippen molar-refractivity contribution in [1.29, 1.82) is 5.26 Å².